The van der Waals surface area contributed by atoms with Crippen molar-refractivity contribution >= 4 is 11.9 Å². The summed E-state index contributed by atoms with van der Waals surface area (Å²) in [4.78, 5) is 25.3. The van der Waals surface area contributed by atoms with Gasteiger partial charge in [0.15, 0.2) is 0 Å². The van der Waals surface area contributed by atoms with E-state index in [9.17, 15) is 9.59 Å². The second kappa shape index (κ2) is 6.23. The standard InChI is InChI=1S/C13H20N2O3/c1-5-18-12(16)9-15(10(2)3)13(17)11-7-6-8-14(11)4/h6-8,10H,5,9H2,1-4H3. The van der Waals surface area contributed by atoms with Gasteiger partial charge in [-0.2, -0.15) is 0 Å². The number of carbonyl (C=O) groups excluding carboxylic acids is 2. The Morgan fingerprint density at radius 1 is 1.44 bits per heavy atom. The predicted molar refractivity (Wildman–Crippen MR) is 68.2 cm³/mol. The predicted octanol–water partition coefficient (Wildman–Crippen LogP) is 1.44. The number of aryl methyl sites for hydroxylation is 1. The van der Waals surface area contributed by atoms with Crippen LogP contribution in [0.4, 0.5) is 0 Å². The Hall–Kier alpha value is -1.78. The lowest BCUT2D eigenvalue weighted by Gasteiger charge is -2.25. The molecule has 1 amide bonds. The summed E-state index contributed by atoms with van der Waals surface area (Å²) in [7, 11) is 1.80. The lowest BCUT2D eigenvalue weighted by atomic mass is 10.2. The second-order valence-electron chi connectivity index (χ2n) is 4.34. The first kappa shape index (κ1) is 14.3. The highest BCUT2D eigenvalue weighted by atomic mass is 16.5. The molecule has 0 N–H and O–H groups in total. The molecule has 0 aromatic carbocycles. The van der Waals surface area contributed by atoms with Crippen molar-refractivity contribution in [1.29, 1.82) is 0 Å². The van der Waals surface area contributed by atoms with Crippen molar-refractivity contribution in [2.45, 2.75) is 26.8 Å². The van der Waals surface area contributed by atoms with Crippen LogP contribution in [-0.2, 0) is 16.6 Å². The minimum Gasteiger partial charge on any atom is -0.465 e. The average molecular weight is 252 g/mol. The molecule has 0 radical (unpaired) electrons. The fraction of sp³-hybridized carbons (Fsp3) is 0.538. The fourth-order valence-corrected chi connectivity index (χ4v) is 1.67. The SMILES string of the molecule is CCOC(=O)CN(C(=O)c1cccn1C)C(C)C. The van der Waals surface area contributed by atoms with E-state index in [1.165, 1.54) is 4.90 Å². The maximum atomic E-state index is 12.3. The normalized spacial score (nSPS) is 10.5. The minimum absolute atomic E-state index is 0.0183. The van der Waals surface area contributed by atoms with Crippen molar-refractivity contribution in [2.24, 2.45) is 7.05 Å². The quantitative estimate of drug-likeness (QED) is 0.745. The van der Waals surface area contributed by atoms with E-state index in [4.69, 9.17) is 4.74 Å². The molecule has 100 valence electrons. The van der Waals surface area contributed by atoms with Crippen LogP contribution in [0.2, 0.25) is 0 Å². The molecule has 0 unspecified atom stereocenters. The summed E-state index contributed by atoms with van der Waals surface area (Å²) >= 11 is 0. The Morgan fingerprint density at radius 3 is 2.56 bits per heavy atom. The topological polar surface area (TPSA) is 51.5 Å². The number of nitrogens with zero attached hydrogens (tertiary/aromatic N) is 2. The molecular weight excluding hydrogens is 232 g/mol. The van der Waals surface area contributed by atoms with Gasteiger partial charge < -0.3 is 14.2 Å². The van der Waals surface area contributed by atoms with Gasteiger partial charge in [-0.25, -0.2) is 0 Å². The highest BCUT2D eigenvalue weighted by molar-refractivity contribution is 5.94. The van der Waals surface area contributed by atoms with E-state index in [2.05, 4.69) is 0 Å². The highest BCUT2D eigenvalue weighted by Gasteiger charge is 2.23. The Balaban J connectivity index is 2.83. The van der Waals surface area contributed by atoms with Crippen molar-refractivity contribution in [3.63, 3.8) is 0 Å². The third-order valence-electron chi connectivity index (χ3n) is 2.65. The molecule has 5 nitrogen and oxygen atoms in total. The summed E-state index contributed by atoms with van der Waals surface area (Å²) in [5, 5.41) is 0. The number of ether oxygens (including phenoxy) is 1. The van der Waals surface area contributed by atoms with Gasteiger partial charge in [-0.1, -0.05) is 0 Å². The fourth-order valence-electron chi connectivity index (χ4n) is 1.67. The van der Waals surface area contributed by atoms with Crippen LogP contribution in [0.1, 0.15) is 31.3 Å². The monoisotopic (exact) mass is 252 g/mol. The molecule has 1 aromatic heterocycles. The lowest BCUT2D eigenvalue weighted by molar-refractivity contribution is -0.144. The molecule has 18 heavy (non-hydrogen) atoms. The Labute approximate surface area is 107 Å². The van der Waals surface area contributed by atoms with Gasteiger partial charge in [-0.3, -0.25) is 9.59 Å². The number of hydrogen-bond acceptors (Lipinski definition) is 3. The maximum absolute atomic E-state index is 12.3. The van der Waals surface area contributed by atoms with E-state index in [-0.39, 0.29) is 24.5 Å². The van der Waals surface area contributed by atoms with Crippen molar-refractivity contribution in [1.82, 2.24) is 9.47 Å². The van der Waals surface area contributed by atoms with Crippen LogP contribution in [-0.4, -0.2) is 40.5 Å². The molecule has 0 saturated heterocycles. The third-order valence-corrected chi connectivity index (χ3v) is 2.65. The van der Waals surface area contributed by atoms with Gasteiger partial charge in [0.25, 0.3) is 5.91 Å². The van der Waals surface area contributed by atoms with Crippen LogP contribution in [0.15, 0.2) is 18.3 Å². The summed E-state index contributed by atoms with van der Waals surface area (Å²) in [6.45, 7) is 5.80. The van der Waals surface area contributed by atoms with Crippen LogP contribution in [0, 0.1) is 0 Å². The van der Waals surface area contributed by atoms with E-state index in [0.29, 0.717) is 12.3 Å². The summed E-state index contributed by atoms with van der Waals surface area (Å²) in [5.41, 5.74) is 0.563. The molecule has 0 aliphatic heterocycles. The summed E-state index contributed by atoms with van der Waals surface area (Å²) < 4.78 is 6.62. The first-order chi connectivity index (χ1) is 8.47. The molecule has 1 rings (SSSR count). The van der Waals surface area contributed by atoms with Crippen molar-refractivity contribution in [2.75, 3.05) is 13.2 Å². The summed E-state index contributed by atoms with van der Waals surface area (Å²) in [6.07, 6.45) is 1.80. The number of amides is 1. The zero-order valence-electron chi connectivity index (χ0n) is 11.3. The van der Waals surface area contributed by atoms with Crippen LogP contribution in [0.5, 0.6) is 0 Å². The average Bonchev–Trinajstić information content (AvgIpc) is 2.71. The summed E-state index contributed by atoms with van der Waals surface area (Å²) in [5.74, 6) is -0.542. The van der Waals surface area contributed by atoms with Gasteiger partial charge in [0.2, 0.25) is 0 Å². The van der Waals surface area contributed by atoms with Gasteiger partial charge in [0, 0.05) is 19.3 Å². The van der Waals surface area contributed by atoms with E-state index >= 15 is 0 Å². The van der Waals surface area contributed by atoms with Crippen LogP contribution < -0.4 is 0 Å². The Morgan fingerprint density at radius 2 is 2.11 bits per heavy atom. The smallest absolute Gasteiger partial charge is 0.325 e. The van der Waals surface area contributed by atoms with E-state index < -0.39 is 0 Å². The minimum atomic E-state index is -0.381. The molecule has 0 fully saturated rings. The van der Waals surface area contributed by atoms with Gasteiger partial charge in [0.1, 0.15) is 12.2 Å². The van der Waals surface area contributed by atoms with Gasteiger partial charge in [-0.05, 0) is 32.9 Å². The van der Waals surface area contributed by atoms with Crippen LogP contribution >= 0.6 is 0 Å². The second-order valence-corrected chi connectivity index (χ2v) is 4.34. The summed E-state index contributed by atoms with van der Waals surface area (Å²) in [6, 6.07) is 3.48. The number of carbonyl (C=O) groups is 2. The first-order valence-corrected chi connectivity index (χ1v) is 6.05. The molecule has 0 aliphatic carbocycles. The molecule has 0 saturated carbocycles. The molecule has 0 atom stereocenters. The van der Waals surface area contributed by atoms with Gasteiger partial charge >= 0.3 is 5.97 Å². The zero-order chi connectivity index (χ0) is 13.7. The van der Waals surface area contributed by atoms with E-state index in [0.717, 1.165) is 0 Å². The van der Waals surface area contributed by atoms with Crippen molar-refractivity contribution in [3.05, 3.63) is 24.0 Å². The third kappa shape index (κ3) is 3.35. The van der Waals surface area contributed by atoms with Crippen LogP contribution in [0.25, 0.3) is 0 Å². The number of hydrogen-bond donors (Lipinski definition) is 0. The van der Waals surface area contributed by atoms with Gasteiger partial charge in [0.05, 0.1) is 6.61 Å². The number of aromatic nitrogens is 1. The largest absolute Gasteiger partial charge is 0.465 e. The molecular formula is C13H20N2O3. The Kier molecular flexibility index (Phi) is 4.95. The first-order valence-electron chi connectivity index (χ1n) is 6.05. The Bertz CT molecular complexity index is 424. The zero-order valence-corrected chi connectivity index (χ0v) is 11.3. The molecule has 0 bridgehead atoms. The van der Waals surface area contributed by atoms with E-state index in [1.54, 1.807) is 36.9 Å². The van der Waals surface area contributed by atoms with Crippen LogP contribution in [0.3, 0.4) is 0 Å². The maximum Gasteiger partial charge on any atom is 0.325 e. The lowest BCUT2D eigenvalue weighted by Crippen LogP contribution is -2.41. The molecule has 0 spiro atoms. The molecule has 1 aromatic rings. The van der Waals surface area contributed by atoms with Crippen molar-refractivity contribution < 1.29 is 14.3 Å². The van der Waals surface area contributed by atoms with E-state index in [1.807, 2.05) is 13.8 Å². The van der Waals surface area contributed by atoms with Crippen molar-refractivity contribution in [3.8, 4) is 0 Å². The number of rotatable bonds is 5. The molecule has 5 heteroatoms. The molecule has 0 aliphatic rings. The number of esters is 1. The van der Waals surface area contributed by atoms with Gasteiger partial charge in [-0.15, -0.1) is 0 Å². The highest BCUT2D eigenvalue weighted by Crippen LogP contribution is 2.09. The molecule has 1 heterocycles.